The smallest absolute Gasteiger partial charge is 0.227 e. The predicted octanol–water partition coefficient (Wildman–Crippen LogP) is 3.38. The van der Waals surface area contributed by atoms with E-state index in [-0.39, 0.29) is 17.4 Å². The fourth-order valence-electron chi connectivity index (χ4n) is 3.97. The van der Waals surface area contributed by atoms with Crippen LogP contribution in [-0.2, 0) is 21.5 Å². The summed E-state index contributed by atoms with van der Waals surface area (Å²) in [5.41, 5.74) is -0.753. The van der Waals surface area contributed by atoms with Gasteiger partial charge in [-0.3, -0.25) is 9.59 Å². The Kier molecular flexibility index (Phi) is 7.39. The van der Waals surface area contributed by atoms with E-state index < -0.39 is 5.54 Å². The van der Waals surface area contributed by atoms with Gasteiger partial charge in [0.05, 0.1) is 0 Å². The van der Waals surface area contributed by atoms with Gasteiger partial charge in [-0.1, -0.05) is 44.2 Å². The van der Waals surface area contributed by atoms with Crippen molar-refractivity contribution in [1.82, 2.24) is 20.8 Å². The van der Waals surface area contributed by atoms with Crippen LogP contribution in [-0.4, -0.2) is 27.5 Å². The second-order valence-corrected chi connectivity index (χ2v) is 8.37. The third kappa shape index (κ3) is 6.33. The maximum atomic E-state index is 12.2. The first-order chi connectivity index (χ1) is 12.8. The molecule has 152 valence electrons. The Morgan fingerprint density at radius 2 is 1.85 bits per heavy atom. The van der Waals surface area contributed by atoms with E-state index in [0.717, 1.165) is 51.4 Å². The summed E-state index contributed by atoms with van der Waals surface area (Å²) in [7, 11) is 0. The molecule has 0 atom stereocenters. The van der Waals surface area contributed by atoms with Gasteiger partial charge in [0, 0.05) is 25.3 Å². The van der Waals surface area contributed by atoms with E-state index in [1.807, 2.05) is 13.8 Å². The van der Waals surface area contributed by atoms with Gasteiger partial charge in [-0.2, -0.15) is 4.98 Å². The number of nitrogens with one attached hydrogen (secondary N) is 2. The van der Waals surface area contributed by atoms with Crippen molar-refractivity contribution in [2.24, 2.45) is 0 Å². The molecule has 1 aromatic heterocycles. The molecule has 1 fully saturated rings. The van der Waals surface area contributed by atoms with E-state index in [1.54, 1.807) is 0 Å². The molecule has 2 amide bonds. The normalized spacial score (nSPS) is 17.2. The van der Waals surface area contributed by atoms with Gasteiger partial charge >= 0.3 is 0 Å². The van der Waals surface area contributed by atoms with Crippen LogP contribution in [0, 0.1) is 0 Å². The molecule has 2 N–H and O–H groups in total. The molecule has 0 aromatic carbocycles. The molecule has 1 aliphatic rings. The highest BCUT2D eigenvalue weighted by atomic mass is 16.5. The quantitative estimate of drug-likeness (QED) is 0.676. The Bertz CT molecular complexity index is 631. The van der Waals surface area contributed by atoms with Crippen LogP contribution in [0.25, 0.3) is 0 Å². The maximum absolute atomic E-state index is 12.2. The van der Waals surface area contributed by atoms with Crippen molar-refractivity contribution in [1.29, 1.82) is 0 Å². The highest BCUT2D eigenvalue weighted by Crippen LogP contribution is 2.34. The van der Waals surface area contributed by atoms with Crippen molar-refractivity contribution >= 4 is 11.8 Å². The maximum Gasteiger partial charge on any atom is 0.227 e. The lowest BCUT2D eigenvalue weighted by Crippen LogP contribution is -2.45. The molecule has 0 spiro atoms. The van der Waals surface area contributed by atoms with Crippen molar-refractivity contribution in [2.75, 3.05) is 0 Å². The number of hydrogen-bond donors (Lipinski definition) is 2. The Balaban J connectivity index is 2.01. The van der Waals surface area contributed by atoms with E-state index in [4.69, 9.17) is 4.52 Å². The van der Waals surface area contributed by atoms with Crippen molar-refractivity contribution in [3.05, 3.63) is 11.7 Å². The Morgan fingerprint density at radius 3 is 2.44 bits per heavy atom. The second-order valence-electron chi connectivity index (χ2n) is 8.37. The van der Waals surface area contributed by atoms with Crippen LogP contribution in [0.15, 0.2) is 4.52 Å². The number of amides is 2. The van der Waals surface area contributed by atoms with Gasteiger partial charge in [0.15, 0.2) is 5.82 Å². The van der Waals surface area contributed by atoms with Crippen LogP contribution in [0.4, 0.5) is 0 Å². The largest absolute Gasteiger partial charge is 0.351 e. The molecule has 7 nitrogen and oxygen atoms in total. The van der Waals surface area contributed by atoms with Gasteiger partial charge in [-0.15, -0.1) is 0 Å². The molecular weight excluding hydrogens is 344 g/mol. The highest BCUT2D eigenvalue weighted by Gasteiger charge is 2.38. The first kappa shape index (κ1) is 21.4. The molecule has 0 radical (unpaired) electrons. The first-order valence-electron chi connectivity index (χ1n) is 10.2. The van der Waals surface area contributed by atoms with Gasteiger partial charge in [-0.05, 0) is 33.1 Å². The summed E-state index contributed by atoms with van der Waals surface area (Å²) in [5, 5.41) is 10.3. The minimum Gasteiger partial charge on any atom is -0.351 e. The van der Waals surface area contributed by atoms with Crippen molar-refractivity contribution in [3.8, 4) is 0 Å². The number of nitrogens with zero attached hydrogens (tertiary/aromatic N) is 2. The van der Waals surface area contributed by atoms with E-state index in [1.165, 1.54) is 6.92 Å². The van der Waals surface area contributed by atoms with Crippen LogP contribution in [0.5, 0.6) is 0 Å². The van der Waals surface area contributed by atoms with Crippen molar-refractivity contribution < 1.29 is 14.1 Å². The zero-order chi connectivity index (χ0) is 19.9. The Morgan fingerprint density at radius 1 is 1.19 bits per heavy atom. The summed E-state index contributed by atoms with van der Waals surface area (Å²) in [5.74, 6) is 0.892. The first-order valence-corrected chi connectivity index (χ1v) is 10.2. The van der Waals surface area contributed by atoms with Crippen LogP contribution < -0.4 is 10.6 Å². The minimum atomic E-state index is -0.546. The van der Waals surface area contributed by atoms with Crippen LogP contribution in [0.2, 0.25) is 0 Å². The van der Waals surface area contributed by atoms with E-state index >= 15 is 0 Å². The van der Waals surface area contributed by atoms with Gasteiger partial charge < -0.3 is 15.2 Å². The molecule has 0 bridgehead atoms. The SMILES string of the molecule is CCCC(C)(C)NC(=O)CCc1nc(C2(NC(C)=O)CCCCCC2)no1. The second kappa shape index (κ2) is 9.33. The zero-order valence-electron chi connectivity index (χ0n) is 17.2. The molecule has 0 unspecified atom stereocenters. The lowest BCUT2D eigenvalue weighted by atomic mass is 9.89. The molecule has 7 heteroatoms. The van der Waals surface area contributed by atoms with E-state index in [0.29, 0.717) is 24.6 Å². The minimum absolute atomic E-state index is 0.0146. The third-order valence-corrected chi connectivity index (χ3v) is 5.19. The van der Waals surface area contributed by atoms with Crippen LogP contribution >= 0.6 is 0 Å². The average Bonchev–Trinajstić information content (AvgIpc) is 2.93. The molecule has 1 aliphatic carbocycles. The third-order valence-electron chi connectivity index (χ3n) is 5.19. The van der Waals surface area contributed by atoms with Gasteiger partial charge in [0.25, 0.3) is 0 Å². The van der Waals surface area contributed by atoms with Crippen molar-refractivity contribution in [2.45, 2.75) is 103 Å². The van der Waals surface area contributed by atoms with E-state index in [2.05, 4.69) is 27.7 Å². The molecule has 1 saturated carbocycles. The zero-order valence-corrected chi connectivity index (χ0v) is 17.2. The molecule has 2 rings (SSSR count). The molecular formula is C20H34N4O3. The lowest BCUT2D eigenvalue weighted by molar-refractivity contribution is -0.123. The van der Waals surface area contributed by atoms with Gasteiger partial charge in [-0.25, -0.2) is 0 Å². The summed E-state index contributed by atoms with van der Waals surface area (Å²) in [6.45, 7) is 7.69. The summed E-state index contributed by atoms with van der Waals surface area (Å²) in [6.07, 6.45) is 8.65. The number of rotatable bonds is 8. The Labute approximate surface area is 162 Å². The summed E-state index contributed by atoms with van der Waals surface area (Å²) in [4.78, 5) is 28.5. The number of carbonyl (C=O) groups excluding carboxylic acids is 2. The van der Waals surface area contributed by atoms with E-state index in [9.17, 15) is 9.59 Å². The summed E-state index contributed by atoms with van der Waals surface area (Å²) >= 11 is 0. The van der Waals surface area contributed by atoms with Crippen LogP contribution in [0.1, 0.15) is 97.2 Å². The van der Waals surface area contributed by atoms with Crippen molar-refractivity contribution in [3.63, 3.8) is 0 Å². The summed E-state index contributed by atoms with van der Waals surface area (Å²) < 4.78 is 5.40. The molecule has 0 aliphatic heterocycles. The number of hydrogen-bond acceptors (Lipinski definition) is 5. The lowest BCUT2D eigenvalue weighted by Gasteiger charge is -2.30. The number of carbonyl (C=O) groups is 2. The fraction of sp³-hybridized carbons (Fsp3) is 0.800. The van der Waals surface area contributed by atoms with Gasteiger partial charge in [0.2, 0.25) is 17.7 Å². The Hall–Kier alpha value is -1.92. The van der Waals surface area contributed by atoms with Gasteiger partial charge in [0.1, 0.15) is 5.54 Å². The summed E-state index contributed by atoms with van der Waals surface area (Å²) in [6, 6.07) is 0. The fourth-order valence-corrected chi connectivity index (χ4v) is 3.97. The van der Waals surface area contributed by atoms with Crippen LogP contribution in [0.3, 0.4) is 0 Å². The molecule has 1 heterocycles. The standard InChI is InChI=1S/C20H34N4O3/c1-5-12-19(3,4)23-16(26)10-11-17-21-18(24-27-17)20(22-15(2)25)13-8-6-7-9-14-20/h5-14H2,1-4H3,(H,22,25)(H,23,26). The molecule has 27 heavy (non-hydrogen) atoms. The average molecular weight is 379 g/mol. The number of aromatic nitrogens is 2. The predicted molar refractivity (Wildman–Crippen MR) is 103 cm³/mol. The molecule has 0 saturated heterocycles. The number of aryl methyl sites for hydroxylation is 1. The topological polar surface area (TPSA) is 97.1 Å². The monoisotopic (exact) mass is 378 g/mol. The highest BCUT2D eigenvalue weighted by molar-refractivity contribution is 5.76. The molecule has 1 aromatic rings.